The zero-order chi connectivity index (χ0) is 15.4. The summed E-state index contributed by atoms with van der Waals surface area (Å²) in [6.07, 6.45) is 0. The molecule has 0 bridgehead atoms. The van der Waals surface area contributed by atoms with Crippen LogP contribution in [0.2, 0.25) is 0 Å². The SMILES string of the molecule is COc1ccc(-c2cc(Br)ccc2F)c(CNC(C)C)c1. The first-order valence-corrected chi connectivity index (χ1v) is 7.66. The van der Waals surface area contributed by atoms with Gasteiger partial charge in [-0.15, -0.1) is 0 Å². The first kappa shape index (κ1) is 16.0. The van der Waals surface area contributed by atoms with Gasteiger partial charge in [0.1, 0.15) is 11.6 Å². The van der Waals surface area contributed by atoms with Crippen LogP contribution in [0.1, 0.15) is 19.4 Å². The zero-order valence-electron chi connectivity index (χ0n) is 12.4. The van der Waals surface area contributed by atoms with E-state index in [1.165, 1.54) is 6.07 Å². The number of hydrogen-bond acceptors (Lipinski definition) is 2. The molecule has 0 radical (unpaired) electrons. The summed E-state index contributed by atoms with van der Waals surface area (Å²) >= 11 is 3.40. The maximum Gasteiger partial charge on any atom is 0.131 e. The van der Waals surface area contributed by atoms with E-state index in [2.05, 4.69) is 35.1 Å². The maximum atomic E-state index is 14.1. The molecule has 0 unspecified atom stereocenters. The number of hydrogen-bond donors (Lipinski definition) is 1. The van der Waals surface area contributed by atoms with Crippen LogP contribution in [0.25, 0.3) is 11.1 Å². The topological polar surface area (TPSA) is 21.3 Å². The lowest BCUT2D eigenvalue weighted by molar-refractivity contribution is 0.414. The Morgan fingerprint density at radius 3 is 2.57 bits per heavy atom. The van der Waals surface area contributed by atoms with Gasteiger partial charge in [0.25, 0.3) is 0 Å². The molecule has 0 aliphatic heterocycles. The van der Waals surface area contributed by atoms with Crippen LogP contribution in [-0.2, 0) is 6.54 Å². The van der Waals surface area contributed by atoms with Gasteiger partial charge in [0.2, 0.25) is 0 Å². The van der Waals surface area contributed by atoms with Gasteiger partial charge in [0.15, 0.2) is 0 Å². The first-order chi connectivity index (χ1) is 10.0. The Bertz CT molecular complexity index is 628. The van der Waals surface area contributed by atoms with E-state index in [-0.39, 0.29) is 5.82 Å². The molecule has 2 aromatic carbocycles. The minimum atomic E-state index is -0.228. The standard InChI is InChI=1S/C17H19BrFNO/c1-11(2)20-10-12-8-14(21-3)5-6-15(12)16-9-13(18)4-7-17(16)19/h4-9,11,20H,10H2,1-3H3. The molecule has 0 aromatic heterocycles. The zero-order valence-corrected chi connectivity index (χ0v) is 14.0. The lowest BCUT2D eigenvalue weighted by Gasteiger charge is -2.15. The monoisotopic (exact) mass is 351 g/mol. The Morgan fingerprint density at radius 1 is 1.14 bits per heavy atom. The Hall–Kier alpha value is -1.39. The molecule has 2 nitrogen and oxygen atoms in total. The highest BCUT2D eigenvalue weighted by atomic mass is 79.9. The average molecular weight is 352 g/mol. The minimum absolute atomic E-state index is 0.228. The van der Waals surface area contributed by atoms with E-state index >= 15 is 0 Å². The largest absolute Gasteiger partial charge is 0.497 e. The summed E-state index contributed by atoms with van der Waals surface area (Å²) in [5.74, 6) is 0.545. The van der Waals surface area contributed by atoms with Crippen molar-refractivity contribution in [2.75, 3.05) is 7.11 Å². The van der Waals surface area contributed by atoms with Crippen molar-refractivity contribution in [2.24, 2.45) is 0 Å². The Labute approximate surface area is 133 Å². The van der Waals surface area contributed by atoms with Crippen molar-refractivity contribution in [3.05, 3.63) is 52.3 Å². The average Bonchev–Trinajstić information content (AvgIpc) is 2.47. The number of benzene rings is 2. The van der Waals surface area contributed by atoms with E-state index in [9.17, 15) is 4.39 Å². The van der Waals surface area contributed by atoms with Crippen LogP contribution in [0, 0.1) is 5.82 Å². The van der Waals surface area contributed by atoms with Crippen molar-refractivity contribution in [3.8, 4) is 16.9 Å². The third kappa shape index (κ3) is 4.05. The molecule has 0 spiro atoms. The van der Waals surface area contributed by atoms with E-state index in [0.717, 1.165) is 21.3 Å². The summed E-state index contributed by atoms with van der Waals surface area (Å²) in [4.78, 5) is 0. The van der Waals surface area contributed by atoms with Gasteiger partial charge < -0.3 is 10.1 Å². The van der Waals surface area contributed by atoms with Crippen molar-refractivity contribution in [2.45, 2.75) is 26.4 Å². The summed E-state index contributed by atoms with van der Waals surface area (Å²) in [5, 5.41) is 3.37. The van der Waals surface area contributed by atoms with Gasteiger partial charge in [-0.05, 0) is 41.5 Å². The van der Waals surface area contributed by atoms with Crippen LogP contribution in [0.3, 0.4) is 0 Å². The molecule has 0 heterocycles. The quantitative estimate of drug-likeness (QED) is 0.838. The third-order valence-corrected chi connectivity index (χ3v) is 3.73. The molecule has 2 aromatic rings. The van der Waals surface area contributed by atoms with E-state index in [4.69, 9.17) is 4.74 Å². The fourth-order valence-electron chi connectivity index (χ4n) is 2.12. The Morgan fingerprint density at radius 2 is 1.90 bits per heavy atom. The van der Waals surface area contributed by atoms with Crippen molar-refractivity contribution < 1.29 is 9.13 Å². The maximum absolute atomic E-state index is 14.1. The van der Waals surface area contributed by atoms with E-state index in [0.29, 0.717) is 18.2 Å². The second-order valence-electron chi connectivity index (χ2n) is 5.18. The van der Waals surface area contributed by atoms with E-state index in [1.54, 1.807) is 19.2 Å². The van der Waals surface area contributed by atoms with E-state index in [1.807, 2.05) is 18.2 Å². The predicted molar refractivity (Wildman–Crippen MR) is 88.1 cm³/mol. The molecular weight excluding hydrogens is 333 g/mol. The van der Waals surface area contributed by atoms with Crippen LogP contribution in [-0.4, -0.2) is 13.2 Å². The highest BCUT2D eigenvalue weighted by molar-refractivity contribution is 9.10. The molecule has 0 amide bonds. The van der Waals surface area contributed by atoms with Gasteiger partial charge in [-0.25, -0.2) is 4.39 Å². The molecule has 0 saturated carbocycles. The number of halogens is 2. The molecule has 0 saturated heterocycles. The first-order valence-electron chi connectivity index (χ1n) is 6.87. The molecule has 0 aliphatic rings. The Kier molecular flexibility index (Phi) is 5.37. The normalized spacial score (nSPS) is 11.0. The van der Waals surface area contributed by atoms with Crippen molar-refractivity contribution in [3.63, 3.8) is 0 Å². The molecule has 0 aliphatic carbocycles. The fourth-order valence-corrected chi connectivity index (χ4v) is 2.49. The molecule has 21 heavy (non-hydrogen) atoms. The van der Waals surface area contributed by atoms with Crippen molar-refractivity contribution >= 4 is 15.9 Å². The van der Waals surface area contributed by atoms with Gasteiger partial charge in [-0.2, -0.15) is 0 Å². The Balaban J connectivity index is 2.48. The third-order valence-electron chi connectivity index (χ3n) is 3.23. The van der Waals surface area contributed by atoms with Crippen molar-refractivity contribution in [1.29, 1.82) is 0 Å². The molecular formula is C17H19BrFNO. The molecule has 0 atom stereocenters. The number of methoxy groups -OCH3 is 1. The molecule has 0 fully saturated rings. The van der Waals surface area contributed by atoms with Gasteiger partial charge in [0.05, 0.1) is 7.11 Å². The smallest absolute Gasteiger partial charge is 0.131 e. The summed E-state index contributed by atoms with van der Waals surface area (Å²) < 4.78 is 20.3. The van der Waals surface area contributed by atoms with Crippen LogP contribution in [0.15, 0.2) is 40.9 Å². The lowest BCUT2D eigenvalue weighted by Crippen LogP contribution is -2.22. The summed E-state index contributed by atoms with van der Waals surface area (Å²) in [5.41, 5.74) is 2.48. The number of rotatable bonds is 5. The summed E-state index contributed by atoms with van der Waals surface area (Å²) in [6.45, 7) is 4.83. The van der Waals surface area contributed by atoms with Gasteiger partial charge in [-0.1, -0.05) is 35.8 Å². The molecule has 2 rings (SSSR count). The van der Waals surface area contributed by atoms with Gasteiger partial charge in [-0.3, -0.25) is 0 Å². The molecule has 4 heteroatoms. The minimum Gasteiger partial charge on any atom is -0.497 e. The van der Waals surface area contributed by atoms with Gasteiger partial charge in [0, 0.05) is 22.6 Å². The number of ether oxygens (including phenoxy) is 1. The second-order valence-corrected chi connectivity index (χ2v) is 6.10. The van der Waals surface area contributed by atoms with Crippen molar-refractivity contribution in [1.82, 2.24) is 5.32 Å². The predicted octanol–water partition coefficient (Wildman–Crippen LogP) is 4.76. The summed E-state index contributed by atoms with van der Waals surface area (Å²) in [7, 11) is 1.63. The van der Waals surface area contributed by atoms with Crippen LogP contribution < -0.4 is 10.1 Å². The lowest BCUT2D eigenvalue weighted by atomic mass is 9.98. The summed E-state index contributed by atoms with van der Waals surface area (Å²) in [6, 6.07) is 11.0. The molecule has 112 valence electrons. The fraction of sp³-hybridized carbons (Fsp3) is 0.294. The number of nitrogens with one attached hydrogen (secondary N) is 1. The van der Waals surface area contributed by atoms with E-state index < -0.39 is 0 Å². The van der Waals surface area contributed by atoms with Crippen LogP contribution in [0.4, 0.5) is 4.39 Å². The second kappa shape index (κ2) is 7.05. The highest BCUT2D eigenvalue weighted by Gasteiger charge is 2.12. The highest BCUT2D eigenvalue weighted by Crippen LogP contribution is 2.31. The van der Waals surface area contributed by atoms with Crippen LogP contribution in [0.5, 0.6) is 5.75 Å². The molecule has 1 N–H and O–H groups in total. The van der Waals surface area contributed by atoms with Crippen LogP contribution >= 0.6 is 15.9 Å². The van der Waals surface area contributed by atoms with Gasteiger partial charge >= 0.3 is 0 Å².